The first-order valence-electron chi connectivity index (χ1n) is 6.29. The predicted molar refractivity (Wildman–Crippen MR) is 78.3 cm³/mol. The molecule has 106 valence electrons. The summed E-state index contributed by atoms with van der Waals surface area (Å²) < 4.78 is 1.76. The standard InChI is InChI=1S/C14H17N3O2S/c1-9-6-10(2)16-13(12(9)14(18)19)20-5-4-11-7-15-17(3)8-11/h6-8H,4-5H2,1-3H3,(H,18,19). The Bertz CT molecular complexity index is 637. The summed E-state index contributed by atoms with van der Waals surface area (Å²) in [5.41, 5.74) is 3.05. The smallest absolute Gasteiger partial charge is 0.338 e. The number of nitrogens with zero attached hydrogens (tertiary/aromatic N) is 3. The summed E-state index contributed by atoms with van der Waals surface area (Å²) in [6.45, 7) is 3.69. The van der Waals surface area contributed by atoms with Crippen LogP contribution >= 0.6 is 11.8 Å². The normalized spacial score (nSPS) is 10.8. The van der Waals surface area contributed by atoms with Crippen molar-refractivity contribution in [3.05, 3.63) is 40.8 Å². The Morgan fingerprint density at radius 1 is 1.45 bits per heavy atom. The van der Waals surface area contributed by atoms with Crippen molar-refractivity contribution in [1.82, 2.24) is 14.8 Å². The summed E-state index contributed by atoms with van der Waals surface area (Å²) in [5.74, 6) is -0.138. The Balaban J connectivity index is 2.10. The van der Waals surface area contributed by atoms with Crippen molar-refractivity contribution in [3.8, 4) is 0 Å². The van der Waals surface area contributed by atoms with E-state index in [1.807, 2.05) is 33.3 Å². The third kappa shape index (κ3) is 3.39. The fourth-order valence-electron chi connectivity index (χ4n) is 2.03. The van der Waals surface area contributed by atoms with Gasteiger partial charge in [-0.05, 0) is 37.5 Å². The van der Waals surface area contributed by atoms with Crippen LogP contribution in [-0.4, -0.2) is 31.6 Å². The van der Waals surface area contributed by atoms with Crippen LogP contribution in [-0.2, 0) is 13.5 Å². The van der Waals surface area contributed by atoms with Crippen molar-refractivity contribution in [2.75, 3.05) is 5.75 Å². The molecule has 0 aliphatic carbocycles. The number of pyridine rings is 1. The molecule has 0 radical (unpaired) electrons. The van der Waals surface area contributed by atoms with Gasteiger partial charge in [-0.15, -0.1) is 11.8 Å². The van der Waals surface area contributed by atoms with Gasteiger partial charge in [-0.25, -0.2) is 9.78 Å². The monoisotopic (exact) mass is 291 g/mol. The summed E-state index contributed by atoms with van der Waals surface area (Å²) in [7, 11) is 1.88. The number of hydrogen-bond donors (Lipinski definition) is 1. The second-order valence-corrected chi connectivity index (χ2v) is 5.77. The first-order valence-corrected chi connectivity index (χ1v) is 7.28. The first kappa shape index (κ1) is 14.6. The summed E-state index contributed by atoms with van der Waals surface area (Å²) in [6.07, 6.45) is 4.63. The number of rotatable bonds is 5. The minimum absolute atomic E-state index is 0.312. The highest BCUT2D eigenvalue weighted by Gasteiger charge is 2.16. The molecule has 0 amide bonds. The van der Waals surface area contributed by atoms with Crippen LogP contribution in [0.15, 0.2) is 23.5 Å². The molecule has 0 saturated carbocycles. The molecule has 0 saturated heterocycles. The molecular weight excluding hydrogens is 274 g/mol. The van der Waals surface area contributed by atoms with Crippen LogP contribution < -0.4 is 0 Å². The van der Waals surface area contributed by atoms with Crippen LogP contribution in [0.3, 0.4) is 0 Å². The molecule has 1 N–H and O–H groups in total. The summed E-state index contributed by atoms with van der Waals surface area (Å²) in [5, 5.41) is 14.0. The number of thioether (sulfide) groups is 1. The van der Waals surface area contributed by atoms with Gasteiger partial charge in [0.1, 0.15) is 5.03 Å². The number of aromatic carboxylic acids is 1. The number of carboxylic acids is 1. The number of aryl methyl sites for hydroxylation is 4. The first-order chi connectivity index (χ1) is 9.47. The van der Waals surface area contributed by atoms with E-state index in [2.05, 4.69) is 10.1 Å². The third-order valence-corrected chi connectivity index (χ3v) is 3.89. The zero-order chi connectivity index (χ0) is 14.7. The largest absolute Gasteiger partial charge is 0.478 e. The molecule has 0 atom stereocenters. The number of carboxylic acid groups (broad SMARTS) is 1. The van der Waals surface area contributed by atoms with Crippen LogP contribution in [0.1, 0.15) is 27.2 Å². The second-order valence-electron chi connectivity index (χ2n) is 4.69. The van der Waals surface area contributed by atoms with Crippen LogP contribution in [0.5, 0.6) is 0 Å². The van der Waals surface area contributed by atoms with Crippen molar-refractivity contribution >= 4 is 17.7 Å². The van der Waals surface area contributed by atoms with Gasteiger partial charge >= 0.3 is 5.97 Å². The molecule has 0 aromatic carbocycles. The Labute approximate surface area is 122 Å². The molecule has 5 nitrogen and oxygen atoms in total. The van der Waals surface area contributed by atoms with E-state index in [1.54, 1.807) is 10.7 Å². The zero-order valence-corrected chi connectivity index (χ0v) is 12.6. The molecule has 0 fully saturated rings. The highest BCUT2D eigenvalue weighted by atomic mass is 32.2. The van der Waals surface area contributed by atoms with Crippen molar-refractivity contribution in [3.63, 3.8) is 0 Å². The fraction of sp³-hybridized carbons (Fsp3) is 0.357. The van der Waals surface area contributed by atoms with E-state index in [1.165, 1.54) is 11.8 Å². The summed E-state index contributed by atoms with van der Waals surface area (Å²) in [4.78, 5) is 15.7. The molecule has 20 heavy (non-hydrogen) atoms. The van der Waals surface area contributed by atoms with E-state index in [0.29, 0.717) is 10.6 Å². The van der Waals surface area contributed by atoms with Gasteiger partial charge in [-0.1, -0.05) is 0 Å². The fourth-order valence-corrected chi connectivity index (χ4v) is 3.17. The average Bonchev–Trinajstić information content (AvgIpc) is 2.73. The molecule has 0 aliphatic rings. The lowest BCUT2D eigenvalue weighted by atomic mass is 10.1. The lowest BCUT2D eigenvalue weighted by molar-refractivity contribution is 0.0691. The van der Waals surface area contributed by atoms with Gasteiger partial charge in [0.15, 0.2) is 0 Å². The average molecular weight is 291 g/mol. The van der Waals surface area contributed by atoms with Gasteiger partial charge in [0, 0.05) is 24.7 Å². The molecule has 0 bridgehead atoms. The molecule has 0 spiro atoms. The zero-order valence-electron chi connectivity index (χ0n) is 11.8. The highest BCUT2D eigenvalue weighted by Crippen LogP contribution is 2.25. The number of hydrogen-bond acceptors (Lipinski definition) is 4. The minimum atomic E-state index is -0.918. The van der Waals surface area contributed by atoms with Crippen LogP contribution in [0.2, 0.25) is 0 Å². The van der Waals surface area contributed by atoms with E-state index >= 15 is 0 Å². The van der Waals surface area contributed by atoms with Crippen molar-refractivity contribution < 1.29 is 9.90 Å². The highest BCUT2D eigenvalue weighted by molar-refractivity contribution is 7.99. The Hall–Kier alpha value is -1.82. The van der Waals surface area contributed by atoms with Crippen molar-refractivity contribution in [2.45, 2.75) is 25.3 Å². The molecule has 6 heteroatoms. The Morgan fingerprint density at radius 2 is 2.20 bits per heavy atom. The van der Waals surface area contributed by atoms with Gasteiger partial charge in [0.2, 0.25) is 0 Å². The van der Waals surface area contributed by atoms with E-state index in [9.17, 15) is 9.90 Å². The quantitative estimate of drug-likeness (QED) is 0.857. The van der Waals surface area contributed by atoms with Gasteiger partial charge in [-0.3, -0.25) is 4.68 Å². The maximum Gasteiger partial charge on any atom is 0.338 e. The van der Waals surface area contributed by atoms with E-state index < -0.39 is 5.97 Å². The van der Waals surface area contributed by atoms with Crippen molar-refractivity contribution in [2.24, 2.45) is 7.05 Å². The van der Waals surface area contributed by atoms with Crippen LogP contribution in [0.4, 0.5) is 0 Å². The Kier molecular flexibility index (Phi) is 4.44. The summed E-state index contributed by atoms with van der Waals surface area (Å²) >= 11 is 1.48. The SMILES string of the molecule is Cc1cc(C)c(C(=O)O)c(SCCc2cnn(C)c2)n1. The topological polar surface area (TPSA) is 68.0 Å². The molecule has 2 aromatic rings. The molecule has 0 unspecified atom stereocenters. The Morgan fingerprint density at radius 3 is 2.80 bits per heavy atom. The van der Waals surface area contributed by atoms with Crippen LogP contribution in [0.25, 0.3) is 0 Å². The lowest BCUT2D eigenvalue weighted by Gasteiger charge is -2.09. The predicted octanol–water partition coefficient (Wildman–Crippen LogP) is 2.46. The maximum absolute atomic E-state index is 11.3. The minimum Gasteiger partial charge on any atom is -0.478 e. The molecule has 0 aliphatic heterocycles. The van der Waals surface area contributed by atoms with Crippen LogP contribution in [0, 0.1) is 13.8 Å². The molecular formula is C14H17N3O2S. The van der Waals surface area contributed by atoms with Gasteiger partial charge in [-0.2, -0.15) is 5.10 Å². The molecule has 2 heterocycles. The van der Waals surface area contributed by atoms with Gasteiger partial charge in [0.05, 0.1) is 11.8 Å². The summed E-state index contributed by atoms with van der Waals surface area (Å²) in [6, 6.07) is 1.80. The second kappa shape index (κ2) is 6.09. The van der Waals surface area contributed by atoms with Crippen molar-refractivity contribution in [1.29, 1.82) is 0 Å². The maximum atomic E-state index is 11.3. The number of carbonyl (C=O) groups is 1. The third-order valence-electron chi connectivity index (χ3n) is 2.91. The van der Waals surface area contributed by atoms with Gasteiger partial charge < -0.3 is 5.11 Å². The molecule has 2 rings (SSSR count). The van der Waals surface area contributed by atoms with Gasteiger partial charge in [0.25, 0.3) is 0 Å². The van der Waals surface area contributed by atoms with E-state index in [4.69, 9.17) is 0 Å². The lowest BCUT2D eigenvalue weighted by Crippen LogP contribution is -2.06. The molecule has 2 aromatic heterocycles. The number of aromatic nitrogens is 3. The van der Waals surface area contributed by atoms with E-state index in [-0.39, 0.29) is 0 Å². The van der Waals surface area contributed by atoms with E-state index in [0.717, 1.165) is 29.0 Å².